The molecule has 0 bridgehead atoms. The number of halogens is 4. The summed E-state index contributed by atoms with van der Waals surface area (Å²) in [6, 6.07) is 8.63. The molecule has 3 heterocycles. The van der Waals surface area contributed by atoms with Crippen molar-refractivity contribution in [1.29, 1.82) is 0 Å². The highest BCUT2D eigenvalue weighted by Crippen LogP contribution is 2.33. The lowest BCUT2D eigenvalue weighted by molar-refractivity contribution is -0.141. The summed E-state index contributed by atoms with van der Waals surface area (Å²) in [6.45, 7) is 1.73. The Kier molecular flexibility index (Phi) is 4.19. The van der Waals surface area contributed by atoms with Crippen molar-refractivity contribution in [3.8, 4) is 17.4 Å². The lowest BCUT2D eigenvalue weighted by atomic mass is 10.1. The first kappa shape index (κ1) is 18.2. The van der Waals surface area contributed by atoms with E-state index in [4.69, 9.17) is 16.0 Å². The molecule has 4 rings (SSSR count). The molecule has 0 N–H and O–H groups in total. The minimum Gasteiger partial charge on any atom is -0.401 e. The molecule has 1 aromatic carbocycles. The number of fused-ring (bicyclic) bond motifs is 1. The minimum atomic E-state index is -4.73. The number of benzene rings is 1. The summed E-state index contributed by atoms with van der Waals surface area (Å²) >= 11 is 6.08. The Balaban J connectivity index is 2.04. The molecule has 0 radical (unpaired) electrons. The number of pyridine rings is 1. The SMILES string of the molecule is Cc1cccc2c(=O)oc(-c3cc(C(F)(F)F)nn3-c3ncccc3Cl)nc12. The van der Waals surface area contributed by atoms with Crippen molar-refractivity contribution < 1.29 is 17.6 Å². The molecule has 0 amide bonds. The van der Waals surface area contributed by atoms with Gasteiger partial charge in [-0.15, -0.1) is 0 Å². The van der Waals surface area contributed by atoms with Gasteiger partial charge in [-0.3, -0.25) is 0 Å². The summed E-state index contributed by atoms with van der Waals surface area (Å²) < 4.78 is 45.9. The van der Waals surface area contributed by atoms with Gasteiger partial charge in [0.2, 0.25) is 5.89 Å². The normalized spacial score (nSPS) is 11.9. The summed E-state index contributed by atoms with van der Waals surface area (Å²) in [5.74, 6) is -0.375. The van der Waals surface area contributed by atoms with Gasteiger partial charge in [-0.05, 0) is 30.7 Å². The third kappa shape index (κ3) is 3.03. The van der Waals surface area contributed by atoms with Crippen LogP contribution in [0.15, 0.2) is 51.8 Å². The molecular formula is C18H10ClF3N4O2. The quantitative estimate of drug-likeness (QED) is 0.493. The van der Waals surface area contributed by atoms with Crippen LogP contribution in [0.5, 0.6) is 0 Å². The van der Waals surface area contributed by atoms with Gasteiger partial charge in [0.05, 0.1) is 15.9 Å². The lowest BCUT2D eigenvalue weighted by Gasteiger charge is -2.08. The number of alkyl halides is 3. The van der Waals surface area contributed by atoms with Crippen LogP contribution in [0.3, 0.4) is 0 Å². The highest BCUT2D eigenvalue weighted by atomic mass is 35.5. The Bertz CT molecular complexity index is 1260. The number of aryl methyl sites for hydroxylation is 1. The molecule has 142 valence electrons. The van der Waals surface area contributed by atoms with Crippen LogP contribution in [0, 0.1) is 6.92 Å². The number of hydrogen-bond acceptors (Lipinski definition) is 5. The van der Waals surface area contributed by atoms with Gasteiger partial charge in [-0.1, -0.05) is 23.7 Å². The second-order valence-electron chi connectivity index (χ2n) is 5.91. The number of nitrogens with zero attached hydrogens (tertiary/aromatic N) is 4. The van der Waals surface area contributed by atoms with E-state index in [1.807, 2.05) is 0 Å². The molecular weight excluding hydrogens is 397 g/mol. The largest absolute Gasteiger partial charge is 0.435 e. The molecule has 4 aromatic rings. The van der Waals surface area contributed by atoms with E-state index < -0.39 is 17.5 Å². The van der Waals surface area contributed by atoms with E-state index in [9.17, 15) is 18.0 Å². The molecule has 6 nitrogen and oxygen atoms in total. The van der Waals surface area contributed by atoms with Crippen molar-refractivity contribution in [3.05, 3.63) is 69.3 Å². The summed E-state index contributed by atoms with van der Waals surface area (Å²) in [5.41, 5.74) is -1.13. The average Bonchev–Trinajstić information content (AvgIpc) is 3.08. The molecule has 0 atom stereocenters. The van der Waals surface area contributed by atoms with Gasteiger partial charge >= 0.3 is 11.8 Å². The number of rotatable bonds is 2. The van der Waals surface area contributed by atoms with Crippen molar-refractivity contribution in [1.82, 2.24) is 19.7 Å². The smallest absolute Gasteiger partial charge is 0.401 e. The molecule has 0 fully saturated rings. The van der Waals surface area contributed by atoms with Crippen molar-refractivity contribution in [2.75, 3.05) is 0 Å². The summed E-state index contributed by atoms with van der Waals surface area (Å²) in [7, 11) is 0. The van der Waals surface area contributed by atoms with Gasteiger partial charge in [0, 0.05) is 12.3 Å². The fourth-order valence-electron chi connectivity index (χ4n) is 2.72. The Morgan fingerprint density at radius 3 is 2.68 bits per heavy atom. The molecule has 10 heteroatoms. The maximum Gasteiger partial charge on any atom is 0.435 e. The second kappa shape index (κ2) is 6.45. The maximum absolute atomic E-state index is 13.3. The van der Waals surface area contributed by atoms with Crippen LogP contribution < -0.4 is 5.63 Å². The molecule has 28 heavy (non-hydrogen) atoms. The van der Waals surface area contributed by atoms with Crippen LogP contribution in [0.4, 0.5) is 13.2 Å². The van der Waals surface area contributed by atoms with E-state index in [0.29, 0.717) is 11.1 Å². The van der Waals surface area contributed by atoms with Crippen LogP contribution in [0.25, 0.3) is 28.3 Å². The van der Waals surface area contributed by atoms with Gasteiger partial charge in [0.25, 0.3) is 0 Å². The first-order chi connectivity index (χ1) is 13.3. The highest BCUT2D eigenvalue weighted by molar-refractivity contribution is 6.32. The van der Waals surface area contributed by atoms with Gasteiger partial charge < -0.3 is 4.42 Å². The fraction of sp³-hybridized carbons (Fsp3) is 0.111. The Morgan fingerprint density at radius 2 is 1.96 bits per heavy atom. The van der Waals surface area contributed by atoms with E-state index in [1.54, 1.807) is 19.1 Å². The van der Waals surface area contributed by atoms with Crippen LogP contribution >= 0.6 is 11.6 Å². The first-order valence-corrected chi connectivity index (χ1v) is 8.32. The van der Waals surface area contributed by atoms with Crippen molar-refractivity contribution in [2.45, 2.75) is 13.1 Å². The van der Waals surface area contributed by atoms with Crippen LogP contribution in [0.2, 0.25) is 5.02 Å². The topological polar surface area (TPSA) is 73.8 Å². The van der Waals surface area contributed by atoms with Crippen molar-refractivity contribution in [3.63, 3.8) is 0 Å². The minimum absolute atomic E-state index is 0.0519. The number of hydrogen-bond donors (Lipinski definition) is 0. The number of aromatic nitrogens is 4. The zero-order chi connectivity index (χ0) is 20.1. The monoisotopic (exact) mass is 406 g/mol. The van der Waals surface area contributed by atoms with Crippen molar-refractivity contribution in [2.24, 2.45) is 0 Å². The maximum atomic E-state index is 13.3. The van der Waals surface area contributed by atoms with E-state index in [1.165, 1.54) is 24.4 Å². The van der Waals surface area contributed by atoms with E-state index in [2.05, 4.69) is 15.1 Å². The van der Waals surface area contributed by atoms with Gasteiger partial charge in [0.1, 0.15) is 5.69 Å². The van der Waals surface area contributed by atoms with Crippen molar-refractivity contribution >= 4 is 22.5 Å². The lowest BCUT2D eigenvalue weighted by Crippen LogP contribution is -2.09. The molecule has 0 saturated heterocycles. The van der Waals surface area contributed by atoms with Crippen LogP contribution in [0.1, 0.15) is 11.3 Å². The summed E-state index contributed by atoms with van der Waals surface area (Å²) in [6.07, 6.45) is -3.37. The highest BCUT2D eigenvalue weighted by Gasteiger charge is 2.36. The fourth-order valence-corrected chi connectivity index (χ4v) is 2.92. The molecule has 0 aliphatic carbocycles. The third-order valence-corrected chi connectivity index (χ3v) is 4.31. The molecule has 0 unspecified atom stereocenters. The van der Waals surface area contributed by atoms with Crippen LogP contribution in [-0.2, 0) is 6.18 Å². The molecule has 3 aromatic heterocycles. The first-order valence-electron chi connectivity index (χ1n) is 7.94. The molecule has 0 aliphatic heterocycles. The van der Waals surface area contributed by atoms with E-state index in [-0.39, 0.29) is 27.8 Å². The zero-order valence-corrected chi connectivity index (χ0v) is 14.9. The van der Waals surface area contributed by atoms with Gasteiger partial charge in [0.15, 0.2) is 11.5 Å². The zero-order valence-electron chi connectivity index (χ0n) is 14.2. The standard InChI is InChI=1S/C18H10ClF3N4O2/c1-9-4-2-5-10-14(9)24-16(28-17(10)27)12-8-13(18(20,21)22)25-26(12)15-11(19)6-3-7-23-15/h2-8H,1H3. The molecule has 0 spiro atoms. The van der Waals surface area contributed by atoms with E-state index >= 15 is 0 Å². The van der Waals surface area contributed by atoms with Gasteiger partial charge in [-0.25, -0.2) is 19.4 Å². The number of para-hydroxylation sites is 1. The summed E-state index contributed by atoms with van der Waals surface area (Å²) in [4.78, 5) is 20.6. The third-order valence-electron chi connectivity index (χ3n) is 4.02. The van der Waals surface area contributed by atoms with Crippen LogP contribution in [-0.4, -0.2) is 19.7 Å². The Morgan fingerprint density at radius 1 is 1.18 bits per heavy atom. The predicted octanol–water partition coefficient (Wildman–Crippen LogP) is 4.42. The molecule has 0 saturated carbocycles. The van der Waals surface area contributed by atoms with Gasteiger partial charge in [-0.2, -0.15) is 18.3 Å². The van der Waals surface area contributed by atoms with E-state index in [0.717, 1.165) is 10.7 Å². The second-order valence-corrected chi connectivity index (χ2v) is 6.32. The Hall–Kier alpha value is -3.20. The Labute approximate surface area is 160 Å². The molecule has 0 aliphatic rings. The average molecular weight is 407 g/mol. The summed E-state index contributed by atoms with van der Waals surface area (Å²) in [5, 5.41) is 3.86. The predicted molar refractivity (Wildman–Crippen MR) is 95.4 cm³/mol.